The van der Waals surface area contributed by atoms with Gasteiger partial charge in [0.2, 0.25) is 11.8 Å². The van der Waals surface area contributed by atoms with Crippen LogP contribution in [0.2, 0.25) is 0 Å². The quantitative estimate of drug-likeness (QED) is 0.331. The Kier molecular flexibility index (Phi) is 8.69. The van der Waals surface area contributed by atoms with Gasteiger partial charge in [0, 0.05) is 23.3 Å². The highest BCUT2D eigenvalue weighted by Gasteiger charge is 2.48. The average molecular weight is 380 g/mol. The second-order valence-electron chi connectivity index (χ2n) is 9.78. The molecule has 0 radical (unpaired) electrons. The summed E-state index contributed by atoms with van der Waals surface area (Å²) in [5, 5.41) is 0. The Balaban J connectivity index is 2.85. The Labute approximate surface area is 166 Å². The number of nitrogens with zero attached hydrogens (tertiary/aromatic N) is 1. The van der Waals surface area contributed by atoms with E-state index in [1.165, 1.54) is 24.2 Å². The summed E-state index contributed by atoms with van der Waals surface area (Å²) in [6.07, 6.45) is 8.69. The fraction of sp³-hybridized carbons (Fsp3) is 0.870. The summed E-state index contributed by atoms with van der Waals surface area (Å²) in [5.41, 5.74) is -1.19. The van der Waals surface area contributed by atoms with Crippen LogP contribution in [0.5, 0.6) is 0 Å². The summed E-state index contributed by atoms with van der Waals surface area (Å²) >= 11 is 0. The lowest BCUT2D eigenvalue weighted by Gasteiger charge is -2.39. The van der Waals surface area contributed by atoms with E-state index in [-0.39, 0.29) is 23.5 Å². The van der Waals surface area contributed by atoms with Crippen LogP contribution in [-0.2, 0) is 14.4 Å². The van der Waals surface area contributed by atoms with Gasteiger partial charge in [0.05, 0.1) is 0 Å². The molecule has 1 fully saturated rings. The molecule has 1 rings (SSSR count). The third-order valence-electron chi connectivity index (χ3n) is 6.20. The highest BCUT2D eigenvalue weighted by Crippen LogP contribution is 2.39. The molecule has 4 nitrogen and oxygen atoms in total. The fourth-order valence-corrected chi connectivity index (χ4v) is 4.67. The van der Waals surface area contributed by atoms with E-state index in [1.807, 2.05) is 27.7 Å². The first-order chi connectivity index (χ1) is 12.5. The van der Waals surface area contributed by atoms with Crippen molar-refractivity contribution in [1.29, 1.82) is 0 Å². The summed E-state index contributed by atoms with van der Waals surface area (Å²) < 4.78 is 0. The predicted octanol–water partition coefficient (Wildman–Crippen LogP) is 5.53. The molecule has 1 aliphatic heterocycles. The number of likely N-dealkylation sites (tertiary alicyclic amines) is 1. The van der Waals surface area contributed by atoms with Crippen LogP contribution in [0.3, 0.4) is 0 Å². The monoisotopic (exact) mass is 379 g/mol. The Hall–Kier alpha value is -1.19. The molecule has 156 valence electrons. The number of carbonyl (C=O) groups excluding carboxylic acids is 3. The molecule has 2 amide bonds. The van der Waals surface area contributed by atoms with Crippen LogP contribution >= 0.6 is 0 Å². The molecule has 0 aliphatic carbocycles. The Bertz CT molecular complexity index is 536. The van der Waals surface area contributed by atoms with Gasteiger partial charge in [0.15, 0.2) is 0 Å². The van der Waals surface area contributed by atoms with Crippen LogP contribution in [0.25, 0.3) is 0 Å². The molecule has 27 heavy (non-hydrogen) atoms. The lowest BCUT2D eigenvalue weighted by atomic mass is 9.76. The summed E-state index contributed by atoms with van der Waals surface area (Å²) in [7, 11) is 0. The minimum Gasteiger partial charge on any atom is -0.299 e. The van der Waals surface area contributed by atoms with Gasteiger partial charge in [-0.05, 0) is 39.5 Å². The van der Waals surface area contributed by atoms with Gasteiger partial charge < -0.3 is 0 Å². The first-order valence-corrected chi connectivity index (χ1v) is 10.8. The van der Waals surface area contributed by atoms with Crippen molar-refractivity contribution < 1.29 is 14.4 Å². The van der Waals surface area contributed by atoms with Crippen molar-refractivity contribution in [3.63, 3.8) is 0 Å². The van der Waals surface area contributed by atoms with Gasteiger partial charge >= 0.3 is 0 Å². The van der Waals surface area contributed by atoms with Gasteiger partial charge in [0.25, 0.3) is 0 Å². The number of hydrogen-bond acceptors (Lipinski definition) is 3. The van der Waals surface area contributed by atoms with Gasteiger partial charge in [0.1, 0.15) is 5.78 Å². The maximum atomic E-state index is 13.1. The van der Waals surface area contributed by atoms with Crippen molar-refractivity contribution in [2.24, 2.45) is 17.3 Å². The SMILES string of the molecule is CCCCCC(CCC)CC1CC(=O)N(C(C)(C)CC(C)(C)C(C)=O)C1=O. The molecule has 2 unspecified atom stereocenters. The maximum Gasteiger partial charge on any atom is 0.233 e. The van der Waals surface area contributed by atoms with E-state index in [0.717, 1.165) is 25.7 Å². The molecular formula is C23H41NO3. The van der Waals surface area contributed by atoms with Crippen molar-refractivity contribution in [3.8, 4) is 0 Å². The van der Waals surface area contributed by atoms with Crippen molar-refractivity contribution >= 4 is 17.6 Å². The van der Waals surface area contributed by atoms with E-state index in [1.54, 1.807) is 6.92 Å². The van der Waals surface area contributed by atoms with Crippen LogP contribution in [0.4, 0.5) is 0 Å². The zero-order chi connectivity index (χ0) is 20.8. The molecule has 1 heterocycles. The number of amides is 2. The Morgan fingerprint density at radius 2 is 1.70 bits per heavy atom. The second-order valence-corrected chi connectivity index (χ2v) is 9.78. The first kappa shape index (κ1) is 23.8. The molecule has 0 spiro atoms. The number of imide groups is 1. The molecule has 0 aromatic rings. The number of ketones is 1. The number of carbonyl (C=O) groups is 3. The topological polar surface area (TPSA) is 54.5 Å². The zero-order valence-electron chi connectivity index (χ0n) is 18.7. The highest BCUT2D eigenvalue weighted by atomic mass is 16.2. The molecule has 0 bridgehead atoms. The van der Waals surface area contributed by atoms with Crippen LogP contribution in [-0.4, -0.2) is 28.0 Å². The number of rotatable bonds is 12. The summed E-state index contributed by atoms with van der Waals surface area (Å²) in [5.74, 6) is 0.333. The van der Waals surface area contributed by atoms with E-state index >= 15 is 0 Å². The molecule has 2 atom stereocenters. The van der Waals surface area contributed by atoms with Crippen LogP contribution < -0.4 is 0 Å². The van der Waals surface area contributed by atoms with E-state index in [0.29, 0.717) is 18.8 Å². The van der Waals surface area contributed by atoms with Crippen LogP contribution in [0.15, 0.2) is 0 Å². The molecule has 4 heteroatoms. The predicted molar refractivity (Wildman–Crippen MR) is 110 cm³/mol. The number of unbranched alkanes of at least 4 members (excludes halogenated alkanes) is 2. The standard InChI is InChI=1S/C23H41NO3/c1-8-10-11-13-18(12-9-2)14-19-15-20(26)24(21(19)27)23(6,7)16-22(4,5)17(3)25/h18-19H,8-16H2,1-7H3. The third-order valence-corrected chi connectivity index (χ3v) is 6.20. The van der Waals surface area contributed by atoms with E-state index in [4.69, 9.17) is 0 Å². The van der Waals surface area contributed by atoms with Gasteiger partial charge in [-0.1, -0.05) is 66.2 Å². The van der Waals surface area contributed by atoms with Gasteiger partial charge in [-0.3, -0.25) is 19.3 Å². The maximum absolute atomic E-state index is 13.1. The molecular weight excluding hydrogens is 338 g/mol. The smallest absolute Gasteiger partial charge is 0.233 e. The molecule has 0 N–H and O–H groups in total. The molecule has 0 saturated carbocycles. The van der Waals surface area contributed by atoms with E-state index < -0.39 is 11.0 Å². The van der Waals surface area contributed by atoms with Crippen molar-refractivity contribution in [3.05, 3.63) is 0 Å². The van der Waals surface area contributed by atoms with Crippen molar-refractivity contribution in [2.75, 3.05) is 0 Å². The van der Waals surface area contributed by atoms with E-state index in [2.05, 4.69) is 13.8 Å². The summed E-state index contributed by atoms with van der Waals surface area (Å²) in [6.45, 7) is 13.6. The lowest BCUT2D eigenvalue weighted by Crippen LogP contribution is -2.51. The number of hydrogen-bond donors (Lipinski definition) is 0. The number of Topliss-reactive ketones (excluding diaryl/α,β-unsaturated/α-hetero) is 1. The Morgan fingerprint density at radius 3 is 2.22 bits per heavy atom. The highest BCUT2D eigenvalue weighted by molar-refractivity contribution is 6.04. The average Bonchev–Trinajstić information content (AvgIpc) is 2.81. The van der Waals surface area contributed by atoms with Crippen molar-refractivity contribution in [1.82, 2.24) is 4.90 Å². The van der Waals surface area contributed by atoms with Crippen LogP contribution in [0, 0.1) is 17.3 Å². The minimum absolute atomic E-state index is 0.0269. The third kappa shape index (κ3) is 6.43. The Morgan fingerprint density at radius 1 is 1.07 bits per heavy atom. The molecule has 0 aromatic carbocycles. The minimum atomic E-state index is -0.638. The largest absolute Gasteiger partial charge is 0.299 e. The molecule has 1 saturated heterocycles. The van der Waals surface area contributed by atoms with Gasteiger partial charge in [-0.15, -0.1) is 0 Å². The normalized spacial score (nSPS) is 19.7. The lowest BCUT2D eigenvalue weighted by molar-refractivity contribution is -0.148. The first-order valence-electron chi connectivity index (χ1n) is 10.8. The molecule has 1 aliphatic rings. The zero-order valence-corrected chi connectivity index (χ0v) is 18.7. The summed E-state index contributed by atoms with van der Waals surface area (Å²) in [4.78, 5) is 39.2. The fourth-order valence-electron chi connectivity index (χ4n) is 4.67. The second kappa shape index (κ2) is 9.84. The summed E-state index contributed by atoms with van der Waals surface area (Å²) in [6, 6.07) is 0. The van der Waals surface area contributed by atoms with E-state index in [9.17, 15) is 14.4 Å². The molecule has 0 aromatic heterocycles. The van der Waals surface area contributed by atoms with Crippen LogP contribution in [0.1, 0.15) is 106 Å². The van der Waals surface area contributed by atoms with Crippen molar-refractivity contribution in [2.45, 2.75) is 112 Å². The van der Waals surface area contributed by atoms with Gasteiger partial charge in [-0.2, -0.15) is 0 Å². The van der Waals surface area contributed by atoms with Gasteiger partial charge in [-0.25, -0.2) is 0 Å².